The van der Waals surface area contributed by atoms with Gasteiger partial charge in [0.2, 0.25) is 0 Å². The zero-order valence-electron chi connectivity index (χ0n) is 9.01. The third kappa shape index (κ3) is 2.84. The smallest absolute Gasteiger partial charge is 0.150 e. The number of rotatable bonds is 3. The molecule has 1 atom stereocenters. The molecule has 0 spiro atoms. The molecule has 0 aliphatic rings. The minimum Gasteiger partial charge on any atom is -0.374 e. The summed E-state index contributed by atoms with van der Waals surface area (Å²) >= 11 is 4.74. The van der Waals surface area contributed by atoms with Gasteiger partial charge in [-0.25, -0.2) is 8.78 Å². The first-order valence-electron chi connectivity index (χ1n) is 5.02. The summed E-state index contributed by atoms with van der Waals surface area (Å²) in [6.07, 6.45) is 0. The molecule has 2 aromatic rings. The van der Waals surface area contributed by atoms with Gasteiger partial charge in [0.25, 0.3) is 0 Å². The number of hydrogen-bond acceptors (Lipinski definition) is 2. The van der Waals surface area contributed by atoms with Crippen molar-refractivity contribution in [2.45, 2.75) is 13.0 Å². The van der Waals surface area contributed by atoms with Gasteiger partial charge < -0.3 is 5.32 Å². The van der Waals surface area contributed by atoms with Crippen molar-refractivity contribution in [3.8, 4) is 0 Å². The highest BCUT2D eigenvalue weighted by Crippen LogP contribution is 2.31. The Kier molecular flexibility index (Phi) is 3.79. The standard InChI is InChI=1S/C12H10BrF2NS/c1-7(11-3-2-4-17-11)16-12-9(13)5-8(14)6-10(12)15/h2-7,16H,1H3. The predicted octanol–water partition coefficient (Wildman–Crippen LogP) is 4.96. The van der Waals surface area contributed by atoms with Gasteiger partial charge in [-0.15, -0.1) is 11.3 Å². The number of nitrogens with one attached hydrogen (secondary N) is 1. The molecule has 1 N–H and O–H groups in total. The zero-order chi connectivity index (χ0) is 12.4. The summed E-state index contributed by atoms with van der Waals surface area (Å²) in [4.78, 5) is 1.10. The Hall–Kier alpha value is -0.940. The summed E-state index contributed by atoms with van der Waals surface area (Å²) in [5.41, 5.74) is 0.285. The molecule has 1 unspecified atom stereocenters. The summed E-state index contributed by atoms with van der Waals surface area (Å²) in [7, 11) is 0. The SMILES string of the molecule is CC(Nc1c(F)cc(F)cc1Br)c1cccs1. The Morgan fingerprint density at radius 1 is 1.35 bits per heavy atom. The highest BCUT2D eigenvalue weighted by atomic mass is 79.9. The molecule has 0 radical (unpaired) electrons. The number of hydrogen-bond donors (Lipinski definition) is 1. The zero-order valence-corrected chi connectivity index (χ0v) is 11.4. The van der Waals surface area contributed by atoms with E-state index in [0.29, 0.717) is 4.47 Å². The van der Waals surface area contributed by atoms with Gasteiger partial charge in [-0.2, -0.15) is 0 Å². The fraction of sp³-hybridized carbons (Fsp3) is 0.167. The van der Waals surface area contributed by atoms with Gasteiger partial charge >= 0.3 is 0 Å². The Morgan fingerprint density at radius 2 is 2.12 bits per heavy atom. The van der Waals surface area contributed by atoms with Gasteiger partial charge in [0, 0.05) is 15.4 Å². The highest BCUT2D eigenvalue weighted by Gasteiger charge is 2.13. The molecule has 0 saturated heterocycles. The fourth-order valence-corrected chi connectivity index (χ4v) is 2.76. The van der Waals surface area contributed by atoms with Gasteiger partial charge in [-0.3, -0.25) is 0 Å². The van der Waals surface area contributed by atoms with Crippen molar-refractivity contribution < 1.29 is 8.78 Å². The van der Waals surface area contributed by atoms with Crippen LogP contribution >= 0.6 is 27.3 Å². The maximum absolute atomic E-state index is 13.6. The second-order valence-electron chi connectivity index (χ2n) is 3.63. The molecule has 0 fully saturated rings. The van der Waals surface area contributed by atoms with E-state index in [2.05, 4.69) is 21.2 Å². The Bertz CT molecular complexity index is 490. The van der Waals surface area contributed by atoms with Gasteiger partial charge in [0.05, 0.1) is 11.7 Å². The van der Waals surface area contributed by atoms with E-state index in [-0.39, 0.29) is 11.7 Å². The Labute approximate surface area is 111 Å². The van der Waals surface area contributed by atoms with Crippen LogP contribution in [-0.4, -0.2) is 0 Å². The second kappa shape index (κ2) is 5.14. The topological polar surface area (TPSA) is 12.0 Å². The van der Waals surface area contributed by atoms with Gasteiger partial charge in [-0.1, -0.05) is 6.07 Å². The average molecular weight is 318 g/mol. The minimum absolute atomic E-state index is 0.0220. The Balaban J connectivity index is 2.25. The van der Waals surface area contributed by atoms with Crippen molar-refractivity contribution >= 4 is 33.0 Å². The molecule has 1 heterocycles. The molecular weight excluding hydrogens is 308 g/mol. The molecule has 1 aromatic heterocycles. The Morgan fingerprint density at radius 3 is 2.71 bits per heavy atom. The molecule has 0 aliphatic heterocycles. The van der Waals surface area contributed by atoms with Crippen molar-refractivity contribution in [1.82, 2.24) is 0 Å². The molecule has 0 bridgehead atoms. The van der Waals surface area contributed by atoms with Crippen LogP contribution in [0.4, 0.5) is 14.5 Å². The summed E-state index contributed by atoms with van der Waals surface area (Å²) < 4.78 is 26.9. The van der Waals surface area contributed by atoms with Crippen LogP contribution in [0.1, 0.15) is 17.8 Å². The first kappa shape index (κ1) is 12.5. The molecule has 1 nitrogen and oxygen atoms in total. The van der Waals surface area contributed by atoms with Crippen LogP contribution in [0.2, 0.25) is 0 Å². The monoisotopic (exact) mass is 317 g/mol. The molecule has 5 heteroatoms. The van der Waals surface area contributed by atoms with E-state index >= 15 is 0 Å². The first-order valence-corrected chi connectivity index (χ1v) is 6.69. The van der Waals surface area contributed by atoms with Crippen LogP contribution in [0.15, 0.2) is 34.1 Å². The second-order valence-corrected chi connectivity index (χ2v) is 5.46. The quantitative estimate of drug-likeness (QED) is 0.843. The third-order valence-corrected chi connectivity index (χ3v) is 4.02. The van der Waals surface area contributed by atoms with E-state index < -0.39 is 11.6 Å². The van der Waals surface area contributed by atoms with E-state index in [9.17, 15) is 8.78 Å². The highest BCUT2D eigenvalue weighted by molar-refractivity contribution is 9.10. The summed E-state index contributed by atoms with van der Waals surface area (Å²) in [5, 5.41) is 4.99. The van der Waals surface area contributed by atoms with E-state index in [1.807, 2.05) is 24.4 Å². The maximum atomic E-state index is 13.6. The largest absolute Gasteiger partial charge is 0.374 e. The number of benzene rings is 1. The molecule has 90 valence electrons. The number of thiophene rings is 1. The molecule has 1 aromatic carbocycles. The summed E-state index contributed by atoms with van der Waals surface area (Å²) in [6.45, 7) is 1.93. The molecule has 0 saturated carbocycles. The molecule has 0 aliphatic carbocycles. The molecule has 0 amide bonds. The number of anilines is 1. The normalized spacial score (nSPS) is 12.5. The van der Waals surface area contributed by atoms with E-state index in [1.54, 1.807) is 11.3 Å². The van der Waals surface area contributed by atoms with Crippen molar-refractivity contribution in [1.29, 1.82) is 0 Å². The van der Waals surface area contributed by atoms with Crippen LogP contribution in [-0.2, 0) is 0 Å². The van der Waals surface area contributed by atoms with Crippen LogP contribution < -0.4 is 5.32 Å². The lowest BCUT2D eigenvalue weighted by atomic mass is 10.2. The van der Waals surface area contributed by atoms with Crippen LogP contribution in [0.3, 0.4) is 0 Å². The van der Waals surface area contributed by atoms with Gasteiger partial charge in [0.15, 0.2) is 0 Å². The van der Waals surface area contributed by atoms with Crippen molar-refractivity contribution in [3.05, 3.63) is 50.6 Å². The minimum atomic E-state index is -0.597. The lowest BCUT2D eigenvalue weighted by Gasteiger charge is -2.15. The van der Waals surface area contributed by atoms with E-state index in [1.165, 1.54) is 6.07 Å². The van der Waals surface area contributed by atoms with Crippen molar-refractivity contribution in [2.75, 3.05) is 5.32 Å². The lowest BCUT2D eigenvalue weighted by Crippen LogP contribution is -2.07. The van der Waals surface area contributed by atoms with Crippen LogP contribution in [0.25, 0.3) is 0 Å². The summed E-state index contributed by atoms with van der Waals surface area (Å²) in [6, 6.07) is 6.00. The van der Waals surface area contributed by atoms with Gasteiger partial charge in [-0.05, 0) is 40.4 Å². The lowest BCUT2D eigenvalue weighted by molar-refractivity contribution is 0.582. The predicted molar refractivity (Wildman–Crippen MR) is 70.4 cm³/mol. The maximum Gasteiger partial charge on any atom is 0.150 e. The average Bonchev–Trinajstić information content (AvgIpc) is 2.76. The van der Waals surface area contributed by atoms with Crippen molar-refractivity contribution in [2.24, 2.45) is 0 Å². The van der Waals surface area contributed by atoms with E-state index in [4.69, 9.17) is 0 Å². The third-order valence-electron chi connectivity index (χ3n) is 2.34. The molecule has 17 heavy (non-hydrogen) atoms. The molecule has 2 rings (SSSR count). The van der Waals surface area contributed by atoms with Gasteiger partial charge in [0.1, 0.15) is 11.6 Å². The number of halogens is 3. The fourth-order valence-electron chi connectivity index (χ4n) is 1.51. The van der Waals surface area contributed by atoms with E-state index in [0.717, 1.165) is 10.9 Å². The van der Waals surface area contributed by atoms with Crippen LogP contribution in [0.5, 0.6) is 0 Å². The molecular formula is C12H10BrF2NS. The summed E-state index contributed by atoms with van der Waals surface area (Å²) in [5.74, 6) is -1.19. The van der Waals surface area contributed by atoms with Crippen LogP contribution in [0, 0.1) is 11.6 Å². The first-order chi connectivity index (χ1) is 8.08. The van der Waals surface area contributed by atoms with Crippen molar-refractivity contribution in [3.63, 3.8) is 0 Å².